The Morgan fingerprint density at radius 2 is 1.91 bits per heavy atom. The molecule has 22 heavy (non-hydrogen) atoms. The number of hydrogen-bond donors (Lipinski definition) is 1. The van der Waals surface area contributed by atoms with Crippen LogP contribution in [0.15, 0.2) is 42.5 Å². The summed E-state index contributed by atoms with van der Waals surface area (Å²) in [4.78, 5) is 14.3. The molecule has 0 spiro atoms. The molecule has 2 atom stereocenters. The average Bonchev–Trinajstić information content (AvgIpc) is 3.08. The van der Waals surface area contributed by atoms with Crippen molar-refractivity contribution in [3.05, 3.63) is 48.0 Å². The monoisotopic (exact) mass is 299 g/mol. The van der Waals surface area contributed by atoms with Gasteiger partial charge in [-0.2, -0.15) is 0 Å². The summed E-state index contributed by atoms with van der Waals surface area (Å²) < 4.78 is 0. The SMILES string of the molecule is O=C(C[C@H]1C=CCC1)N1CCC([C@@H](O)c2ccccc2)CC1. The molecule has 118 valence electrons. The van der Waals surface area contributed by atoms with Crippen molar-refractivity contribution in [3.8, 4) is 0 Å². The van der Waals surface area contributed by atoms with E-state index in [-0.39, 0.29) is 11.8 Å². The topological polar surface area (TPSA) is 40.5 Å². The van der Waals surface area contributed by atoms with Gasteiger partial charge in [0.25, 0.3) is 0 Å². The molecule has 0 saturated carbocycles. The third-order valence-corrected chi connectivity index (χ3v) is 5.03. The predicted molar refractivity (Wildman–Crippen MR) is 87.2 cm³/mol. The summed E-state index contributed by atoms with van der Waals surface area (Å²) in [5.41, 5.74) is 0.989. The van der Waals surface area contributed by atoms with Crippen LogP contribution in [0.2, 0.25) is 0 Å². The average molecular weight is 299 g/mol. The number of benzene rings is 1. The maximum absolute atomic E-state index is 12.3. The first-order chi connectivity index (χ1) is 10.7. The van der Waals surface area contributed by atoms with Gasteiger partial charge < -0.3 is 10.0 Å². The van der Waals surface area contributed by atoms with E-state index in [1.165, 1.54) is 0 Å². The summed E-state index contributed by atoms with van der Waals surface area (Å²) in [6.07, 6.45) is 8.63. The smallest absolute Gasteiger partial charge is 0.223 e. The van der Waals surface area contributed by atoms with Gasteiger partial charge in [0.2, 0.25) is 5.91 Å². The maximum Gasteiger partial charge on any atom is 0.223 e. The normalized spacial score (nSPS) is 23.7. The largest absolute Gasteiger partial charge is 0.388 e. The van der Waals surface area contributed by atoms with E-state index in [0.29, 0.717) is 12.3 Å². The van der Waals surface area contributed by atoms with Crippen molar-refractivity contribution >= 4 is 5.91 Å². The molecule has 1 heterocycles. The summed E-state index contributed by atoms with van der Waals surface area (Å²) in [5.74, 6) is 0.988. The molecule has 0 bridgehead atoms. The Kier molecular flexibility index (Phi) is 4.94. The quantitative estimate of drug-likeness (QED) is 0.867. The number of aliphatic hydroxyl groups excluding tert-OH is 1. The highest BCUT2D eigenvalue weighted by atomic mass is 16.3. The third kappa shape index (κ3) is 3.58. The maximum atomic E-state index is 12.3. The number of amides is 1. The molecule has 1 aromatic carbocycles. The molecule has 1 aliphatic heterocycles. The fourth-order valence-corrected chi connectivity index (χ4v) is 3.61. The molecule has 3 heteroatoms. The standard InChI is InChI=1S/C19H25NO2/c21-18(14-15-6-4-5-7-15)20-12-10-17(11-13-20)19(22)16-8-2-1-3-9-16/h1-4,6,8-9,15,17,19,22H,5,7,10-14H2/t15-,19-/m0/s1. The zero-order valence-corrected chi connectivity index (χ0v) is 13.0. The van der Waals surface area contributed by atoms with Gasteiger partial charge in [-0.05, 0) is 43.1 Å². The fourth-order valence-electron chi connectivity index (χ4n) is 3.61. The van der Waals surface area contributed by atoms with Gasteiger partial charge in [-0.15, -0.1) is 0 Å². The molecule has 1 N–H and O–H groups in total. The molecule has 0 aromatic heterocycles. The molecule has 0 radical (unpaired) electrons. The van der Waals surface area contributed by atoms with E-state index in [4.69, 9.17) is 0 Å². The lowest BCUT2D eigenvalue weighted by Crippen LogP contribution is -2.40. The van der Waals surface area contributed by atoms with Crippen LogP contribution in [0.4, 0.5) is 0 Å². The van der Waals surface area contributed by atoms with Crippen LogP contribution in [0.25, 0.3) is 0 Å². The number of carbonyl (C=O) groups is 1. The molecule has 1 aliphatic carbocycles. The molecule has 1 aromatic rings. The minimum atomic E-state index is -0.406. The molecule has 1 fully saturated rings. The number of piperidine rings is 1. The van der Waals surface area contributed by atoms with Crippen molar-refractivity contribution in [2.75, 3.05) is 13.1 Å². The van der Waals surface area contributed by atoms with Crippen molar-refractivity contribution in [2.24, 2.45) is 11.8 Å². The molecular formula is C19H25NO2. The highest BCUT2D eigenvalue weighted by Gasteiger charge is 2.28. The number of aliphatic hydroxyl groups is 1. The predicted octanol–water partition coefficient (Wildman–Crippen LogP) is 3.31. The van der Waals surface area contributed by atoms with Crippen molar-refractivity contribution < 1.29 is 9.90 Å². The van der Waals surface area contributed by atoms with Gasteiger partial charge >= 0.3 is 0 Å². The van der Waals surface area contributed by atoms with Crippen LogP contribution in [0, 0.1) is 11.8 Å². The molecule has 0 unspecified atom stereocenters. The Labute approximate surface area is 132 Å². The fraction of sp³-hybridized carbons (Fsp3) is 0.526. The Hall–Kier alpha value is -1.61. The number of carbonyl (C=O) groups excluding carboxylic acids is 1. The van der Waals surface area contributed by atoms with E-state index in [2.05, 4.69) is 12.2 Å². The van der Waals surface area contributed by atoms with Crippen LogP contribution in [-0.4, -0.2) is 29.0 Å². The van der Waals surface area contributed by atoms with Crippen molar-refractivity contribution in [1.82, 2.24) is 4.90 Å². The Bertz CT molecular complexity index is 517. The van der Waals surface area contributed by atoms with E-state index >= 15 is 0 Å². The molecular weight excluding hydrogens is 274 g/mol. The van der Waals surface area contributed by atoms with Crippen LogP contribution in [-0.2, 0) is 4.79 Å². The molecule has 3 nitrogen and oxygen atoms in total. The van der Waals surface area contributed by atoms with Gasteiger partial charge in [-0.3, -0.25) is 4.79 Å². The highest BCUT2D eigenvalue weighted by Crippen LogP contribution is 2.31. The summed E-state index contributed by atoms with van der Waals surface area (Å²) in [6, 6.07) is 9.86. The van der Waals surface area contributed by atoms with Crippen LogP contribution in [0.3, 0.4) is 0 Å². The molecule has 1 amide bonds. The highest BCUT2D eigenvalue weighted by molar-refractivity contribution is 5.76. The Balaban J connectivity index is 1.49. The number of rotatable bonds is 4. The summed E-state index contributed by atoms with van der Waals surface area (Å²) in [5, 5.41) is 10.5. The summed E-state index contributed by atoms with van der Waals surface area (Å²) in [7, 11) is 0. The van der Waals surface area contributed by atoms with E-state index in [1.807, 2.05) is 35.2 Å². The lowest BCUT2D eigenvalue weighted by Gasteiger charge is -2.34. The first-order valence-electron chi connectivity index (χ1n) is 8.41. The number of allylic oxidation sites excluding steroid dienone is 2. The number of likely N-dealkylation sites (tertiary alicyclic amines) is 1. The minimum absolute atomic E-state index is 0.262. The van der Waals surface area contributed by atoms with E-state index in [1.54, 1.807) is 0 Å². The van der Waals surface area contributed by atoms with Crippen LogP contribution in [0.5, 0.6) is 0 Å². The number of hydrogen-bond acceptors (Lipinski definition) is 2. The molecule has 3 rings (SSSR count). The molecule has 2 aliphatic rings. The summed E-state index contributed by atoms with van der Waals surface area (Å²) >= 11 is 0. The first-order valence-corrected chi connectivity index (χ1v) is 8.41. The van der Waals surface area contributed by atoms with E-state index < -0.39 is 6.10 Å². The van der Waals surface area contributed by atoms with E-state index in [9.17, 15) is 9.90 Å². The summed E-state index contributed by atoms with van der Waals surface area (Å²) in [6.45, 7) is 1.56. The lowest BCUT2D eigenvalue weighted by molar-refractivity contribution is -0.133. The van der Waals surface area contributed by atoms with Gasteiger partial charge in [0.1, 0.15) is 0 Å². The van der Waals surface area contributed by atoms with Gasteiger partial charge in [-0.25, -0.2) is 0 Å². The first kappa shape index (κ1) is 15.3. The zero-order valence-electron chi connectivity index (χ0n) is 13.0. The minimum Gasteiger partial charge on any atom is -0.388 e. The van der Waals surface area contributed by atoms with Crippen molar-refractivity contribution in [3.63, 3.8) is 0 Å². The van der Waals surface area contributed by atoms with Crippen LogP contribution in [0.1, 0.15) is 43.8 Å². The third-order valence-electron chi connectivity index (χ3n) is 5.03. The zero-order chi connectivity index (χ0) is 15.4. The van der Waals surface area contributed by atoms with Gasteiger partial charge in [0.15, 0.2) is 0 Å². The molecule has 1 saturated heterocycles. The van der Waals surface area contributed by atoms with Gasteiger partial charge in [-0.1, -0.05) is 42.5 Å². The second-order valence-electron chi connectivity index (χ2n) is 6.54. The van der Waals surface area contributed by atoms with Crippen molar-refractivity contribution in [2.45, 2.75) is 38.2 Å². The second kappa shape index (κ2) is 7.10. The van der Waals surface area contributed by atoms with Crippen molar-refractivity contribution in [1.29, 1.82) is 0 Å². The van der Waals surface area contributed by atoms with Gasteiger partial charge in [0, 0.05) is 19.5 Å². The Morgan fingerprint density at radius 1 is 1.18 bits per heavy atom. The van der Waals surface area contributed by atoms with Crippen LogP contribution >= 0.6 is 0 Å². The van der Waals surface area contributed by atoms with E-state index in [0.717, 1.165) is 44.3 Å². The Morgan fingerprint density at radius 3 is 2.55 bits per heavy atom. The van der Waals surface area contributed by atoms with Gasteiger partial charge in [0.05, 0.1) is 6.10 Å². The number of nitrogens with zero attached hydrogens (tertiary/aromatic N) is 1. The second-order valence-corrected chi connectivity index (χ2v) is 6.54. The lowest BCUT2D eigenvalue weighted by atomic mass is 9.87. The van der Waals surface area contributed by atoms with Crippen LogP contribution < -0.4 is 0 Å².